The Labute approximate surface area is 80.2 Å². The van der Waals surface area contributed by atoms with Crippen molar-refractivity contribution in [1.82, 2.24) is 14.6 Å². The summed E-state index contributed by atoms with van der Waals surface area (Å²) in [5, 5.41) is 5.20. The Morgan fingerprint density at radius 1 is 1.46 bits per heavy atom. The van der Waals surface area contributed by atoms with Crippen molar-refractivity contribution >= 4 is 23.2 Å². The summed E-state index contributed by atoms with van der Waals surface area (Å²) in [5.41, 5.74) is 7.50. The van der Waals surface area contributed by atoms with Gasteiger partial charge >= 0.3 is 0 Å². The molecule has 0 atom stereocenters. The predicted octanol–water partition coefficient (Wildman–Crippen LogP) is 1.34. The number of aromatic nitrogens is 3. The van der Waals surface area contributed by atoms with Gasteiger partial charge in [0.1, 0.15) is 10.8 Å². The van der Waals surface area contributed by atoms with Gasteiger partial charge in [-0.1, -0.05) is 0 Å². The van der Waals surface area contributed by atoms with E-state index >= 15 is 0 Å². The van der Waals surface area contributed by atoms with E-state index in [9.17, 15) is 0 Å². The third-order valence-electron chi connectivity index (χ3n) is 1.77. The van der Waals surface area contributed by atoms with Gasteiger partial charge in [0.05, 0.1) is 0 Å². The highest BCUT2D eigenvalue weighted by Crippen LogP contribution is 2.16. The fourth-order valence-electron chi connectivity index (χ4n) is 1.21. The molecule has 2 rings (SSSR count). The van der Waals surface area contributed by atoms with Crippen LogP contribution in [0.1, 0.15) is 5.69 Å². The number of nitrogen functional groups attached to an aromatic ring is 1. The number of aryl methyl sites for hydroxylation is 1. The lowest BCUT2D eigenvalue weighted by Gasteiger charge is -1.98. The molecule has 0 aliphatic heterocycles. The summed E-state index contributed by atoms with van der Waals surface area (Å²) in [4.78, 5) is 4.31. The molecular formula is C8H10N4S. The van der Waals surface area contributed by atoms with Crippen molar-refractivity contribution in [2.75, 3.05) is 12.0 Å². The maximum Gasteiger partial charge on any atom is 0.158 e. The van der Waals surface area contributed by atoms with Gasteiger partial charge in [0, 0.05) is 17.8 Å². The van der Waals surface area contributed by atoms with Gasteiger partial charge in [-0.25, -0.2) is 4.98 Å². The molecule has 0 fully saturated rings. The molecule has 2 N–H and O–H groups in total. The van der Waals surface area contributed by atoms with E-state index in [0.29, 0.717) is 5.82 Å². The zero-order valence-electron chi connectivity index (χ0n) is 7.48. The zero-order chi connectivity index (χ0) is 9.42. The summed E-state index contributed by atoms with van der Waals surface area (Å²) in [6, 6.07) is 3.73. The van der Waals surface area contributed by atoms with Crippen molar-refractivity contribution in [2.24, 2.45) is 0 Å². The molecule has 2 aromatic rings. The molecule has 2 aromatic heterocycles. The van der Waals surface area contributed by atoms with Crippen LogP contribution in [0.15, 0.2) is 17.2 Å². The van der Waals surface area contributed by atoms with E-state index in [1.54, 1.807) is 16.3 Å². The summed E-state index contributed by atoms with van der Waals surface area (Å²) < 4.78 is 1.65. The first-order chi connectivity index (χ1) is 6.20. The first-order valence-electron chi connectivity index (χ1n) is 3.87. The van der Waals surface area contributed by atoms with Crippen LogP contribution in [0.2, 0.25) is 0 Å². The topological polar surface area (TPSA) is 56.2 Å². The minimum Gasteiger partial charge on any atom is -0.384 e. The first kappa shape index (κ1) is 8.37. The van der Waals surface area contributed by atoms with Crippen molar-refractivity contribution in [2.45, 2.75) is 11.9 Å². The molecule has 0 amide bonds. The maximum atomic E-state index is 5.78. The number of nitrogens with zero attached hydrogens (tertiary/aromatic N) is 3. The molecule has 4 nitrogen and oxygen atoms in total. The number of fused-ring (bicyclic) bond motifs is 1. The minimum atomic E-state index is 0.628. The lowest BCUT2D eigenvalue weighted by molar-refractivity contribution is 0.894. The van der Waals surface area contributed by atoms with Crippen LogP contribution in [0.5, 0.6) is 0 Å². The van der Waals surface area contributed by atoms with Crippen LogP contribution in [0.3, 0.4) is 0 Å². The number of hydrogen-bond acceptors (Lipinski definition) is 4. The standard InChI is InChI=1S/C8H10N4S/c1-5-3-6(9)12-7(10-5)4-8(11-12)13-2/h3-4H,9H2,1-2H3. The minimum absolute atomic E-state index is 0.628. The summed E-state index contributed by atoms with van der Waals surface area (Å²) in [6.07, 6.45) is 1.98. The fraction of sp³-hybridized carbons (Fsp3) is 0.250. The Bertz CT molecular complexity index is 449. The largest absolute Gasteiger partial charge is 0.384 e. The van der Waals surface area contributed by atoms with E-state index in [1.807, 2.05) is 25.3 Å². The maximum absolute atomic E-state index is 5.78. The summed E-state index contributed by atoms with van der Waals surface area (Å²) in [5.74, 6) is 0.628. The molecule has 0 saturated carbocycles. The average Bonchev–Trinajstić information content (AvgIpc) is 2.47. The molecule has 0 aromatic carbocycles. The normalized spacial score (nSPS) is 10.9. The van der Waals surface area contributed by atoms with Crippen molar-refractivity contribution < 1.29 is 0 Å². The average molecular weight is 194 g/mol. The van der Waals surface area contributed by atoms with Crippen molar-refractivity contribution in [3.05, 3.63) is 17.8 Å². The number of hydrogen-bond donors (Lipinski definition) is 1. The lowest BCUT2D eigenvalue weighted by Crippen LogP contribution is -2.00. The van der Waals surface area contributed by atoms with Crippen LogP contribution in [-0.2, 0) is 0 Å². The summed E-state index contributed by atoms with van der Waals surface area (Å²) in [6.45, 7) is 1.92. The molecule has 0 bridgehead atoms. The Hall–Kier alpha value is -1.23. The Kier molecular flexibility index (Phi) is 1.88. The second kappa shape index (κ2) is 2.92. The summed E-state index contributed by atoms with van der Waals surface area (Å²) >= 11 is 1.58. The highest BCUT2D eigenvalue weighted by Gasteiger charge is 2.04. The number of rotatable bonds is 1. The quantitative estimate of drug-likeness (QED) is 0.696. The Morgan fingerprint density at radius 3 is 2.92 bits per heavy atom. The molecule has 13 heavy (non-hydrogen) atoms. The van der Waals surface area contributed by atoms with Crippen LogP contribution in [-0.4, -0.2) is 20.9 Å². The molecular weight excluding hydrogens is 184 g/mol. The van der Waals surface area contributed by atoms with Gasteiger partial charge in [-0.2, -0.15) is 9.61 Å². The third kappa shape index (κ3) is 1.35. The van der Waals surface area contributed by atoms with E-state index in [4.69, 9.17) is 5.73 Å². The third-order valence-corrected chi connectivity index (χ3v) is 2.39. The number of nitrogens with two attached hydrogens (primary N) is 1. The van der Waals surface area contributed by atoms with E-state index in [1.165, 1.54) is 0 Å². The SMILES string of the molecule is CSc1cc2nc(C)cc(N)n2n1. The highest BCUT2D eigenvalue weighted by atomic mass is 32.2. The zero-order valence-corrected chi connectivity index (χ0v) is 8.30. The molecule has 0 aliphatic carbocycles. The van der Waals surface area contributed by atoms with Crippen molar-refractivity contribution in [1.29, 1.82) is 0 Å². The van der Waals surface area contributed by atoms with Crippen LogP contribution < -0.4 is 5.73 Å². The van der Waals surface area contributed by atoms with Gasteiger partial charge in [-0.3, -0.25) is 0 Å². The molecule has 0 aliphatic rings. The molecule has 0 spiro atoms. The van der Waals surface area contributed by atoms with Gasteiger partial charge in [-0.05, 0) is 13.2 Å². The van der Waals surface area contributed by atoms with Gasteiger partial charge in [0.2, 0.25) is 0 Å². The molecule has 2 heterocycles. The van der Waals surface area contributed by atoms with E-state index < -0.39 is 0 Å². The van der Waals surface area contributed by atoms with Crippen LogP contribution in [0, 0.1) is 6.92 Å². The predicted molar refractivity (Wildman–Crippen MR) is 53.9 cm³/mol. The molecule has 0 unspecified atom stereocenters. The first-order valence-corrected chi connectivity index (χ1v) is 5.10. The molecule has 0 radical (unpaired) electrons. The van der Waals surface area contributed by atoms with E-state index in [2.05, 4.69) is 10.1 Å². The highest BCUT2D eigenvalue weighted by molar-refractivity contribution is 7.98. The van der Waals surface area contributed by atoms with Crippen LogP contribution >= 0.6 is 11.8 Å². The van der Waals surface area contributed by atoms with Crippen molar-refractivity contribution in [3.63, 3.8) is 0 Å². The number of anilines is 1. The summed E-state index contributed by atoms with van der Waals surface area (Å²) in [7, 11) is 0. The molecule has 5 heteroatoms. The number of thioether (sulfide) groups is 1. The fourth-order valence-corrected chi connectivity index (χ4v) is 1.59. The van der Waals surface area contributed by atoms with Gasteiger partial charge < -0.3 is 5.73 Å². The lowest BCUT2D eigenvalue weighted by atomic mass is 10.4. The Balaban J connectivity index is 2.75. The van der Waals surface area contributed by atoms with Crippen LogP contribution in [0.25, 0.3) is 5.65 Å². The van der Waals surface area contributed by atoms with Crippen molar-refractivity contribution in [3.8, 4) is 0 Å². The van der Waals surface area contributed by atoms with Gasteiger partial charge in [0.15, 0.2) is 5.65 Å². The second-order valence-electron chi connectivity index (χ2n) is 2.78. The molecule has 0 saturated heterocycles. The van der Waals surface area contributed by atoms with E-state index in [-0.39, 0.29) is 0 Å². The van der Waals surface area contributed by atoms with E-state index in [0.717, 1.165) is 16.4 Å². The monoisotopic (exact) mass is 194 g/mol. The van der Waals surface area contributed by atoms with Gasteiger partial charge in [-0.15, -0.1) is 11.8 Å². The Morgan fingerprint density at radius 2 is 2.23 bits per heavy atom. The smallest absolute Gasteiger partial charge is 0.158 e. The second-order valence-corrected chi connectivity index (χ2v) is 3.61. The molecule has 68 valence electrons. The van der Waals surface area contributed by atoms with Gasteiger partial charge in [0.25, 0.3) is 0 Å². The van der Waals surface area contributed by atoms with Crippen LogP contribution in [0.4, 0.5) is 5.82 Å².